The number of amides is 1. The Morgan fingerprint density at radius 3 is 2.50 bits per heavy atom. The van der Waals surface area contributed by atoms with Crippen molar-refractivity contribution < 1.29 is 9.72 Å². The zero-order valence-electron chi connectivity index (χ0n) is 9.10. The maximum Gasteiger partial charge on any atom is 0.269 e. The molecule has 0 aliphatic rings. The molecule has 5 nitrogen and oxygen atoms in total. The molecule has 0 aliphatic heterocycles. The molecule has 0 saturated carbocycles. The molecule has 1 amide bonds. The average Bonchev–Trinajstić information content (AvgIpc) is 2.29. The normalized spacial score (nSPS) is 9.81. The molecule has 1 aromatic carbocycles. The molecule has 5 heteroatoms. The van der Waals surface area contributed by atoms with Crippen molar-refractivity contribution in [1.82, 2.24) is 5.32 Å². The molecule has 0 bridgehead atoms. The van der Waals surface area contributed by atoms with E-state index in [9.17, 15) is 14.9 Å². The second kappa shape index (κ2) is 5.85. The van der Waals surface area contributed by atoms with Gasteiger partial charge in [-0.05, 0) is 18.6 Å². The number of non-ortho nitro benzene ring substituents is 1. The minimum atomic E-state index is -0.487. The molecule has 0 radical (unpaired) electrons. The van der Waals surface area contributed by atoms with Crippen LogP contribution in [0.5, 0.6) is 0 Å². The summed E-state index contributed by atoms with van der Waals surface area (Å²) in [6.07, 6.45) is 1.94. The average molecular weight is 222 g/mol. The van der Waals surface area contributed by atoms with Crippen LogP contribution in [0.15, 0.2) is 24.3 Å². The summed E-state index contributed by atoms with van der Waals surface area (Å²) in [5.41, 5.74) is 0.437. The van der Waals surface area contributed by atoms with E-state index in [0.717, 1.165) is 12.8 Å². The Morgan fingerprint density at radius 2 is 2.00 bits per heavy atom. The van der Waals surface area contributed by atoms with Gasteiger partial charge in [-0.25, -0.2) is 0 Å². The lowest BCUT2D eigenvalue weighted by Crippen LogP contribution is -2.24. The molecule has 0 atom stereocenters. The van der Waals surface area contributed by atoms with Crippen LogP contribution in [0.2, 0.25) is 0 Å². The molecule has 0 saturated heterocycles. The highest BCUT2D eigenvalue weighted by molar-refractivity contribution is 5.94. The number of hydrogen-bond donors (Lipinski definition) is 1. The van der Waals surface area contributed by atoms with Gasteiger partial charge in [0.15, 0.2) is 0 Å². The Morgan fingerprint density at radius 1 is 1.38 bits per heavy atom. The van der Waals surface area contributed by atoms with Gasteiger partial charge in [-0.2, -0.15) is 0 Å². The Hall–Kier alpha value is -1.91. The van der Waals surface area contributed by atoms with Crippen LogP contribution in [0, 0.1) is 10.1 Å². The van der Waals surface area contributed by atoms with E-state index in [0.29, 0.717) is 12.1 Å². The van der Waals surface area contributed by atoms with Crippen LogP contribution in [0.3, 0.4) is 0 Å². The van der Waals surface area contributed by atoms with Gasteiger partial charge in [-0.1, -0.05) is 13.3 Å². The van der Waals surface area contributed by atoms with E-state index in [2.05, 4.69) is 5.32 Å². The number of nitro benzene ring substituents is 1. The predicted octanol–water partition coefficient (Wildman–Crippen LogP) is 2.12. The van der Waals surface area contributed by atoms with Crippen LogP contribution in [-0.4, -0.2) is 17.4 Å². The van der Waals surface area contributed by atoms with Crippen molar-refractivity contribution in [3.8, 4) is 0 Å². The standard InChI is InChI=1S/C11H14N2O3/c1-2-3-8-12-11(14)9-4-6-10(7-5-9)13(15)16/h4-7H,2-3,8H2,1H3,(H,12,14). The fourth-order valence-electron chi connectivity index (χ4n) is 1.22. The third-order valence-corrected chi connectivity index (χ3v) is 2.16. The Bertz CT molecular complexity index is 373. The summed E-state index contributed by atoms with van der Waals surface area (Å²) < 4.78 is 0. The van der Waals surface area contributed by atoms with Gasteiger partial charge in [0.25, 0.3) is 11.6 Å². The number of unbranched alkanes of at least 4 members (excludes halogenated alkanes) is 1. The van der Waals surface area contributed by atoms with E-state index in [4.69, 9.17) is 0 Å². The molecular formula is C11H14N2O3. The summed E-state index contributed by atoms with van der Waals surface area (Å²) in [4.78, 5) is 21.4. The van der Waals surface area contributed by atoms with Crippen molar-refractivity contribution >= 4 is 11.6 Å². The van der Waals surface area contributed by atoms with Crippen molar-refractivity contribution in [2.45, 2.75) is 19.8 Å². The van der Waals surface area contributed by atoms with Crippen LogP contribution in [0.1, 0.15) is 30.1 Å². The summed E-state index contributed by atoms with van der Waals surface area (Å²) in [7, 11) is 0. The monoisotopic (exact) mass is 222 g/mol. The molecule has 1 aromatic rings. The fourth-order valence-corrected chi connectivity index (χ4v) is 1.22. The van der Waals surface area contributed by atoms with E-state index < -0.39 is 4.92 Å². The summed E-state index contributed by atoms with van der Waals surface area (Å²) in [5.74, 6) is -0.191. The first-order valence-electron chi connectivity index (χ1n) is 5.17. The smallest absolute Gasteiger partial charge is 0.269 e. The summed E-state index contributed by atoms with van der Waals surface area (Å²) in [6, 6.07) is 5.57. The molecule has 0 aliphatic carbocycles. The van der Waals surface area contributed by atoms with E-state index in [1.165, 1.54) is 24.3 Å². The lowest BCUT2D eigenvalue weighted by atomic mass is 10.2. The second-order valence-corrected chi connectivity index (χ2v) is 3.41. The Kier molecular flexibility index (Phi) is 4.44. The molecule has 0 heterocycles. The Balaban J connectivity index is 2.59. The van der Waals surface area contributed by atoms with Crippen molar-refractivity contribution in [3.05, 3.63) is 39.9 Å². The first-order valence-corrected chi connectivity index (χ1v) is 5.17. The number of hydrogen-bond acceptors (Lipinski definition) is 3. The highest BCUT2D eigenvalue weighted by Gasteiger charge is 2.08. The lowest BCUT2D eigenvalue weighted by molar-refractivity contribution is -0.384. The molecule has 1 rings (SSSR count). The van der Waals surface area contributed by atoms with Crippen LogP contribution >= 0.6 is 0 Å². The molecule has 0 fully saturated rings. The highest BCUT2D eigenvalue weighted by atomic mass is 16.6. The molecule has 1 N–H and O–H groups in total. The predicted molar refractivity (Wildman–Crippen MR) is 60.3 cm³/mol. The largest absolute Gasteiger partial charge is 0.352 e. The summed E-state index contributed by atoms with van der Waals surface area (Å²) >= 11 is 0. The Labute approximate surface area is 93.6 Å². The molecule has 16 heavy (non-hydrogen) atoms. The van der Waals surface area contributed by atoms with Crippen molar-refractivity contribution in [1.29, 1.82) is 0 Å². The van der Waals surface area contributed by atoms with Crippen molar-refractivity contribution in [3.63, 3.8) is 0 Å². The van der Waals surface area contributed by atoms with Gasteiger partial charge in [0.2, 0.25) is 0 Å². The van der Waals surface area contributed by atoms with Gasteiger partial charge < -0.3 is 5.32 Å². The number of nitro groups is 1. The SMILES string of the molecule is CCCCNC(=O)c1ccc([N+](=O)[O-])cc1. The molecule has 0 unspecified atom stereocenters. The van der Waals surface area contributed by atoms with Gasteiger partial charge in [-0.3, -0.25) is 14.9 Å². The number of nitrogens with zero attached hydrogens (tertiary/aromatic N) is 1. The zero-order chi connectivity index (χ0) is 12.0. The van der Waals surface area contributed by atoms with Gasteiger partial charge in [-0.15, -0.1) is 0 Å². The molecule has 0 aromatic heterocycles. The minimum Gasteiger partial charge on any atom is -0.352 e. The zero-order valence-corrected chi connectivity index (χ0v) is 9.10. The third kappa shape index (κ3) is 3.34. The van der Waals surface area contributed by atoms with Crippen LogP contribution in [-0.2, 0) is 0 Å². The van der Waals surface area contributed by atoms with Gasteiger partial charge in [0.1, 0.15) is 0 Å². The minimum absolute atomic E-state index is 0.00916. The first-order chi connectivity index (χ1) is 7.65. The maximum absolute atomic E-state index is 11.5. The fraction of sp³-hybridized carbons (Fsp3) is 0.364. The quantitative estimate of drug-likeness (QED) is 0.471. The van der Waals surface area contributed by atoms with Gasteiger partial charge >= 0.3 is 0 Å². The third-order valence-electron chi connectivity index (χ3n) is 2.16. The first kappa shape index (κ1) is 12.2. The highest BCUT2D eigenvalue weighted by Crippen LogP contribution is 2.11. The molecule has 0 spiro atoms. The van der Waals surface area contributed by atoms with Gasteiger partial charge in [0, 0.05) is 24.2 Å². The van der Waals surface area contributed by atoms with Gasteiger partial charge in [0.05, 0.1) is 4.92 Å². The number of rotatable bonds is 5. The van der Waals surface area contributed by atoms with Crippen LogP contribution in [0.25, 0.3) is 0 Å². The summed E-state index contributed by atoms with van der Waals surface area (Å²) in [5, 5.41) is 13.1. The molecule has 86 valence electrons. The van der Waals surface area contributed by atoms with E-state index in [1.54, 1.807) is 0 Å². The van der Waals surface area contributed by atoms with Crippen molar-refractivity contribution in [2.24, 2.45) is 0 Å². The number of benzene rings is 1. The topological polar surface area (TPSA) is 72.2 Å². The van der Waals surface area contributed by atoms with E-state index >= 15 is 0 Å². The number of carbonyl (C=O) groups excluding carboxylic acids is 1. The van der Waals surface area contributed by atoms with Crippen LogP contribution in [0.4, 0.5) is 5.69 Å². The number of carbonyl (C=O) groups is 1. The maximum atomic E-state index is 11.5. The summed E-state index contributed by atoms with van der Waals surface area (Å²) in [6.45, 7) is 2.67. The number of nitrogens with one attached hydrogen (secondary N) is 1. The van der Waals surface area contributed by atoms with E-state index in [1.807, 2.05) is 6.92 Å². The van der Waals surface area contributed by atoms with Crippen molar-refractivity contribution in [2.75, 3.05) is 6.54 Å². The molecular weight excluding hydrogens is 208 g/mol. The van der Waals surface area contributed by atoms with Crippen LogP contribution < -0.4 is 5.32 Å². The lowest BCUT2D eigenvalue weighted by Gasteiger charge is -2.03. The second-order valence-electron chi connectivity index (χ2n) is 3.41. The van der Waals surface area contributed by atoms with E-state index in [-0.39, 0.29) is 11.6 Å².